The maximum absolute atomic E-state index is 11.3. The van der Waals surface area contributed by atoms with E-state index in [1.54, 1.807) is 7.05 Å². The van der Waals surface area contributed by atoms with Crippen LogP contribution < -0.4 is 20.1 Å². The highest BCUT2D eigenvalue weighted by atomic mass is 32.1. The molecule has 1 heterocycles. The van der Waals surface area contributed by atoms with Gasteiger partial charge in [0.1, 0.15) is 0 Å². The van der Waals surface area contributed by atoms with E-state index < -0.39 is 5.97 Å². The number of ether oxygens (including phenoxy) is 2. The molecule has 0 radical (unpaired) electrons. The Morgan fingerprint density at radius 3 is 2.63 bits per heavy atom. The number of aryl methyl sites for hydroxylation is 1. The van der Waals surface area contributed by atoms with E-state index in [0.29, 0.717) is 37.0 Å². The molecule has 0 amide bonds. The van der Waals surface area contributed by atoms with Crippen LogP contribution in [0.5, 0.6) is 11.5 Å². The van der Waals surface area contributed by atoms with Crippen LogP contribution in [0.25, 0.3) is 0 Å². The maximum atomic E-state index is 11.3. The number of benzene rings is 1. The van der Waals surface area contributed by atoms with Gasteiger partial charge < -0.3 is 25.2 Å². The third-order valence-corrected chi connectivity index (χ3v) is 3.94. The van der Waals surface area contributed by atoms with Crippen LogP contribution >= 0.6 is 12.2 Å². The van der Waals surface area contributed by atoms with Crippen LogP contribution in [0.4, 0.5) is 5.69 Å². The molecule has 0 fully saturated rings. The molecular weight excluding hydrogens is 368 g/mol. The monoisotopic (exact) mass is 392 g/mol. The van der Waals surface area contributed by atoms with Gasteiger partial charge in [-0.15, -0.1) is 0 Å². The van der Waals surface area contributed by atoms with Gasteiger partial charge in [0.2, 0.25) is 0 Å². The molecule has 3 N–H and O–H groups in total. The lowest BCUT2D eigenvalue weighted by Gasteiger charge is -2.13. The maximum Gasteiger partial charge on any atom is 0.356 e. The van der Waals surface area contributed by atoms with Gasteiger partial charge in [0.25, 0.3) is 0 Å². The zero-order valence-electron chi connectivity index (χ0n) is 15.6. The number of carboxylic acids is 1. The molecule has 0 unspecified atom stereocenters. The van der Waals surface area contributed by atoms with Crippen LogP contribution in [-0.4, -0.2) is 45.7 Å². The second-order valence-corrected chi connectivity index (χ2v) is 6.02. The molecule has 27 heavy (non-hydrogen) atoms. The minimum atomic E-state index is -1.07. The Bertz CT molecular complexity index is 807. The van der Waals surface area contributed by atoms with E-state index in [4.69, 9.17) is 21.7 Å². The molecule has 9 heteroatoms. The zero-order valence-corrected chi connectivity index (χ0v) is 16.4. The quantitative estimate of drug-likeness (QED) is 0.560. The van der Waals surface area contributed by atoms with Gasteiger partial charge in [-0.2, -0.15) is 5.10 Å². The van der Waals surface area contributed by atoms with Crippen molar-refractivity contribution in [2.45, 2.75) is 20.3 Å². The molecule has 0 atom stereocenters. The van der Waals surface area contributed by atoms with Gasteiger partial charge >= 0.3 is 5.97 Å². The number of nitrogens with zero attached hydrogens (tertiary/aromatic N) is 2. The number of carboxylic acid groups (broad SMARTS) is 1. The summed E-state index contributed by atoms with van der Waals surface area (Å²) < 4.78 is 12.5. The van der Waals surface area contributed by atoms with Gasteiger partial charge in [0.05, 0.1) is 25.1 Å². The van der Waals surface area contributed by atoms with Crippen molar-refractivity contribution in [3.8, 4) is 11.5 Å². The summed E-state index contributed by atoms with van der Waals surface area (Å²) in [5.74, 6) is 0.378. The standard InChI is InChI=1S/C18H24N4O4S/c1-4-25-14-7-6-12(10-15(14)26-5-2)8-9-19-18(27)21-13-11-20-22(3)16(13)17(23)24/h6-7,10-11H,4-5,8-9H2,1-3H3,(H,23,24)(H2,19,21,27). The van der Waals surface area contributed by atoms with Crippen LogP contribution in [-0.2, 0) is 13.5 Å². The van der Waals surface area contributed by atoms with E-state index in [2.05, 4.69) is 15.7 Å². The number of thiocarbonyl (C=S) groups is 1. The second kappa shape index (κ2) is 9.77. The molecule has 0 bridgehead atoms. The number of rotatable bonds is 9. The minimum absolute atomic E-state index is 0.0482. The lowest BCUT2D eigenvalue weighted by Crippen LogP contribution is -2.30. The van der Waals surface area contributed by atoms with Gasteiger partial charge in [0, 0.05) is 13.6 Å². The predicted octanol–water partition coefficient (Wildman–Crippen LogP) is 2.44. The Balaban J connectivity index is 1.91. The number of hydrogen-bond acceptors (Lipinski definition) is 5. The molecule has 0 spiro atoms. The first-order valence-electron chi connectivity index (χ1n) is 8.64. The Hall–Kier alpha value is -2.81. The molecule has 1 aromatic heterocycles. The van der Waals surface area contributed by atoms with Gasteiger partial charge in [-0.05, 0) is 50.2 Å². The topological polar surface area (TPSA) is 97.6 Å². The Morgan fingerprint density at radius 1 is 1.26 bits per heavy atom. The van der Waals surface area contributed by atoms with Gasteiger partial charge in [-0.1, -0.05) is 6.07 Å². The molecule has 0 aliphatic carbocycles. The summed E-state index contributed by atoms with van der Waals surface area (Å²) in [6, 6.07) is 5.83. The van der Waals surface area contributed by atoms with Crippen molar-refractivity contribution >= 4 is 29.0 Å². The fraction of sp³-hybridized carbons (Fsp3) is 0.389. The third-order valence-electron chi connectivity index (χ3n) is 3.70. The first kappa shape index (κ1) is 20.5. The van der Waals surface area contributed by atoms with Crippen molar-refractivity contribution in [1.82, 2.24) is 15.1 Å². The molecule has 0 saturated heterocycles. The molecule has 2 rings (SSSR count). The van der Waals surface area contributed by atoms with Gasteiger partial charge in [-0.3, -0.25) is 4.68 Å². The molecule has 1 aromatic carbocycles. The SMILES string of the molecule is CCOc1ccc(CCNC(=S)Nc2cnn(C)c2C(=O)O)cc1OCC. The summed E-state index contributed by atoms with van der Waals surface area (Å²) >= 11 is 5.23. The summed E-state index contributed by atoms with van der Waals surface area (Å²) in [5, 5.41) is 19.4. The average molecular weight is 392 g/mol. The number of carbonyl (C=O) groups is 1. The van der Waals surface area contributed by atoms with Crippen molar-refractivity contribution < 1.29 is 19.4 Å². The number of aromatic nitrogens is 2. The lowest BCUT2D eigenvalue weighted by atomic mass is 10.1. The number of nitrogens with one attached hydrogen (secondary N) is 2. The van der Waals surface area contributed by atoms with Crippen molar-refractivity contribution in [1.29, 1.82) is 0 Å². The molecule has 2 aromatic rings. The van der Waals surface area contributed by atoms with Crippen LogP contribution in [0.1, 0.15) is 29.9 Å². The molecule has 8 nitrogen and oxygen atoms in total. The fourth-order valence-electron chi connectivity index (χ4n) is 2.52. The third kappa shape index (κ3) is 5.58. The molecular formula is C18H24N4O4S. The van der Waals surface area contributed by atoms with Crippen molar-refractivity contribution in [2.24, 2.45) is 7.05 Å². The summed E-state index contributed by atoms with van der Waals surface area (Å²) in [5.41, 5.74) is 1.47. The van der Waals surface area contributed by atoms with Crippen molar-refractivity contribution in [2.75, 3.05) is 25.1 Å². The Morgan fingerprint density at radius 2 is 1.96 bits per heavy atom. The van der Waals surface area contributed by atoms with Crippen LogP contribution in [0.15, 0.2) is 24.4 Å². The van der Waals surface area contributed by atoms with E-state index in [0.717, 1.165) is 17.1 Å². The van der Waals surface area contributed by atoms with Crippen molar-refractivity contribution in [3.63, 3.8) is 0 Å². The summed E-state index contributed by atoms with van der Waals surface area (Å²) in [7, 11) is 1.56. The van der Waals surface area contributed by atoms with E-state index in [1.165, 1.54) is 10.9 Å². The largest absolute Gasteiger partial charge is 0.490 e. The summed E-state index contributed by atoms with van der Waals surface area (Å²) in [6.45, 7) is 5.58. The van der Waals surface area contributed by atoms with Gasteiger partial charge in [-0.25, -0.2) is 4.79 Å². The Labute approximate surface area is 163 Å². The first-order chi connectivity index (χ1) is 13.0. The second-order valence-electron chi connectivity index (χ2n) is 5.61. The normalized spacial score (nSPS) is 10.3. The average Bonchev–Trinajstić information content (AvgIpc) is 2.98. The highest BCUT2D eigenvalue weighted by Gasteiger charge is 2.16. The lowest BCUT2D eigenvalue weighted by molar-refractivity contribution is 0.0686. The number of hydrogen-bond donors (Lipinski definition) is 3. The summed E-state index contributed by atoms with van der Waals surface area (Å²) in [6.07, 6.45) is 2.14. The smallest absolute Gasteiger partial charge is 0.356 e. The van der Waals surface area contributed by atoms with Crippen LogP contribution in [0, 0.1) is 0 Å². The van der Waals surface area contributed by atoms with E-state index in [9.17, 15) is 9.90 Å². The highest BCUT2D eigenvalue weighted by Crippen LogP contribution is 2.28. The highest BCUT2D eigenvalue weighted by molar-refractivity contribution is 7.80. The molecule has 0 aliphatic heterocycles. The van der Waals surface area contributed by atoms with Gasteiger partial charge in [0.15, 0.2) is 22.3 Å². The minimum Gasteiger partial charge on any atom is -0.490 e. The van der Waals surface area contributed by atoms with Crippen LogP contribution in [0.3, 0.4) is 0 Å². The predicted molar refractivity (Wildman–Crippen MR) is 107 cm³/mol. The number of anilines is 1. The molecule has 0 saturated carbocycles. The fourth-order valence-corrected chi connectivity index (χ4v) is 2.73. The number of aromatic carboxylic acids is 1. The molecule has 0 aliphatic rings. The first-order valence-corrected chi connectivity index (χ1v) is 9.05. The molecule has 146 valence electrons. The van der Waals surface area contributed by atoms with E-state index in [1.807, 2.05) is 32.0 Å². The van der Waals surface area contributed by atoms with E-state index in [-0.39, 0.29) is 5.69 Å². The van der Waals surface area contributed by atoms with E-state index >= 15 is 0 Å². The Kier molecular flexibility index (Phi) is 7.42. The van der Waals surface area contributed by atoms with Crippen LogP contribution in [0.2, 0.25) is 0 Å². The summed E-state index contributed by atoms with van der Waals surface area (Å²) in [4.78, 5) is 11.3. The van der Waals surface area contributed by atoms with Crippen molar-refractivity contribution in [3.05, 3.63) is 35.7 Å². The zero-order chi connectivity index (χ0) is 19.8.